The van der Waals surface area contributed by atoms with Gasteiger partial charge in [0.05, 0.1) is 12.3 Å². The molecule has 0 spiro atoms. The Labute approximate surface area is 104 Å². The van der Waals surface area contributed by atoms with Crippen LogP contribution in [0, 0.1) is 13.8 Å². The number of hydrogen-bond donors (Lipinski definition) is 1. The number of carboxylic acids is 1. The molecule has 1 N–H and O–H groups in total. The number of hydrogen-bond acceptors (Lipinski definition) is 4. The first kappa shape index (κ1) is 12.3. The Kier molecular flexibility index (Phi) is 3.41. The fourth-order valence-corrected chi connectivity index (χ4v) is 1.77. The zero-order chi connectivity index (χ0) is 13.1. The van der Waals surface area contributed by atoms with E-state index >= 15 is 0 Å². The average molecular weight is 246 g/mol. The smallest absolute Gasteiger partial charge is 0.304 e. The van der Waals surface area contributed by atoms with Gasteiger partial charge in [0, 0.05) is 6.92 Å². The zero-order valence-corrected chi connectivity index (χ0v) is 10.3. The Bertz CT molecular complexity index is 546. The first-order valence-electron chi connectivity index (χ1n) is 5.64. The van der Waals surface area contributed by atoms with Crippen LogP contribution in [0.15, 0.2) is 28.7 Å². The lowest BCUT2D eigenvalue weighted by atomic mass is 9.95. The van der Waals surface area contributed by atoms with Crippen LogP contribution in [0.25, 0.3) is 0 Å². The second-order valence-corrected chi connectivity index (χ2v) is 4.22. The molecule has 0 aliphatic carbocycles. The Morgan fingerprint density at radius 3 is 2.44 bits per heavy atom. The standard InChI is InChI=1S/C13H14N2O3/c1-8-3-5-10(6-4-8)11(7-12(16)17)13-15-14-9(2)18-13/h3-6,11H,7H2,1-2H3,(H,16,17). The molecule has 0 bridgehead atoms. The molecule has 2 aromatic rings. The van der Waals surface area contributed by atoms with Crippen LogP contribution < -0.4 is 0 Å². The van der Waals surface area contributed by atoms with Gasteiger partial charge in [-0.1, -0.05) is 29.8 Å². The van der Waals surface area contributed by atoms with Gasteiger partial charge in [0.15, 0.2) is 0 Å². The second-order valence-electron chi connectivity index (χ2n) is 4.22. The van der Waals surface area contributed by atoms with Crippen LogP contribution in [-0.4, -0.2) is 21.3 Å². The molecule has 1 heterocycles. The van der Waals surface area contributed by atoms with E-state index in [2.05, 4.69) is 10.2 Å². The van der Waals surface area contributed by atoms with E-state index in [4.69, 9.17) is 9.52 Å². The average Bonchev–Trinajstić information content (AvgIpc) is 2.74. The lowest BCUT2D eigenvalue weighted by molar-refractivity contribution is -0.137. The number of rotatable bonds is 4. The first-order chi connectivity index (χ1) is 8.56. The number of aryl methyl sites for hydroxylation is 2. The highest BCUT2D eigenvalue weighted by atomic mass is 16.4. The zero-order valence-electron chi connectivity index (χ0n) is 10.3. The van der Waals surface area contributed by atoms with Gasteiger partial charge >= 0.3 is 5.97 Å². The van der Waals surface area contributed by atoms with Crippen LogP contribution in [0.1, 0.15) is 35.2 Å². The predicted molar refractivity (Wildman–Crippen MR) is 64.3 cm³/mol. The molecule has 1 atom stereocenters. The molecular weight excluding hydrogens is 232 g/mol. The Balaban J connectivity index is 2.36. The van der Waals surface area contributed by atoms with Gasteiger partial charge < -0.3 is 9.52 Å². The number of carbonyl (C=O) groups is 1. The molecule has 1 aromatic carbocycles. The molecule has 5 heteroatoms. The molecule has 0 aliphatic heterocycles. The lowest BCUT2D eigenvalue weighted by Gasteiger charge is -2.11. The molecule has 0 saturated heterocycles. The van der Waals surface area contributed by atoms with Crippen molar-refractivity contribution in [1.82, 2.24) is 10.2 Å². The van der Waals surface area contributed by atoms with E-state index in [-0.39, 0.29) is 6.42 Å². The lowest BCUT2D eigenvalue weighted by Crippen LogP contribution is -2.08. The summed E-state index contributed by atoms with van der Waals surface area (Å²) in [6.45, 7) is 3.66. The maximum atomic E-state index is 10.9. The summed E-state index contributed by atoms with van der Waals surface area (Å²) < 4.78 is 5.35. The van der Waals surface area contributed by atoms with E-state index in [1.165, 1.54) is 0 Å². The largest absolute Gasteiger partial charge is 0.481 e. The van der Waals surface area contributed by atoms with Crippen molar-refractivity contribution in [1.29, 1.82) is 0 Å². The third kappa shape index (κ3) is 2.74. The highest BCUT2D eigenvalue weighted by Gasteiger charge is 2.23. The maximum Gasteiger partial charge on any atom is 0.304 e. The summed E-state index contributed by atoms with van der Waals surface area (Å²) in [4.78, 5) is 10.9. The van der Waals surface area contributed by atoms with Gasteiger partial charge in [-0.05, 0) is 12.5 Å². The van der Waals surface area contributed by atoms with Crippen LogP contribution in [0.5, 0.6) is 0 Å². The molecule has 2 rings (SSSR count). The van der Waals surface area contributed by atoms with E-state index < -0.39 is 11.9 Å². The molecule has 0 fully saturated rings. The molecule has 0 aliphatic rings. The highest BCUT2D eigenvalue weighted by molar-refractivity contribution is 5.68. The Morgan fingerprint density at radius 2 is 1.94 bits per heavy atom. The summed E-state index contributed by atoms with van der Waals surface area (Å²) >= 11 is 0. The number of benzene rings is 1. The molecule has 0 amide bonds. The van der Waals surface area contributed by atoms with E-state index in [1.54, 1.807) is 6.92 Å². The monoisotopic (exact) mass is 246 g/mol. The highest BCUT2D eigenvalue weighted by Crippen LogP contribution is 2.27. The predicted octanol–water partition coefficient (Wildman–Crippen LogP) is 2.29. The van der Waals surface area contributed by atoms with Crippen molar-refractivity contribution >= 4 is 5.97 Å². The number of nitrogens with zero attached hydrogens (tertiary/aromatic N) is 2. The van der Waals surface area contributed by atoms with Crippen LogP contribution in [0.4, 0.5) is 0 Å². The van der Waals surface area contributed by atoms with E-state index in [0.717, 1.165) is 11.1 Å². The summed E-state index contributed by atoms with van der Waals surface area (Å²) in [5.41, 5.74) is 1.99. The maximum absolute atomic E-state index is 10.9. The number of aliphatic carboxylic acids is 1. The molecule has 1 aromatic heterocycles. The fourth-order valence-electron chi connectivity index (χ4n) is 1.77. The summed E-state index contributed by atoms with van der Waals surface area (Å²) in [5.74, 6) is -0.507. The first-order valence-corrected chi connectivity index (χ1v) is 5.64. The molecule has 1 unspecified atom stereocenters. The van der Waals surface area contributed by atoms with Gasteiger partial charge in [-0.2, -0.15) is 0 Å². The minimum atomic E-state index is -0.892. The second kappa shape index (κ2) is 5.00. The molecule has 94 valence electrons. The van der Waals surface area contributed by atoms with Crippen molar-refractivity contribution in [2.24, 2.45) is 0 Å². The van der Waals surface area contributed by atoms with Crippen LogP contribution in [0.2, 0.25) is 0 Å². The SMILES string of the molecule is Cc1ccc(C(CC(=O)O)c2nnc(C)o2)cc1. The van der Waals surface area contributed by atoms with Crippen LogP contribution in [0.3, 0.4) is 0 Å². The van der Waals surface area contributed by atoms with Crippen molar-refractivity contribution in [2.45, 2.75) is 26.2 Å². The summed E-state index contributed by atoms with van der Waals surface area (Å²) in [6, 6.07) is 7.66. The molecule has 0 radical (unpaired) electrons. The minimum Gasteiger partial charge on any atom is -0.481 e. The quantitative estimate of drug-likeness (QED) is 0.895. The Hall–Kier alpha value is -2.17. The third-order valence-electron chi connectivity index (χ3n) is 2.70. The van der Waals surface area contributed by atoms with Crippen LogP contribution >= 0.6 is 0 Å². The van der Waals surface area contributed by atoms with E-state index in [9.17, 15) is 4.79 Å². The van der Waals surface area contributed by atoms with Gasteiger partial charge in [-0.25, -0.2) is 0 Å². The summed E-state index contributed by atoms with van der Waals surface area (Å²) in [5, 5.41) is 16.6. The van der Waals surface area contributed by atoms with Crippen LogP contribution in [-0.2, 0) is 4.79 Å². The summed E-state index contributed by atoms with van der Waals surface area (Å²) in [6.07, 6.45) is -0.0648. The number of aromatic nitrogens is 2. The molecular formula is C13H14N2O3. The van der Waals surface area contributed by atoms with Crippen molar-refractivity contribution in [3.8, 4) is 0 Å². The van der Waals surface area contributed by atoms with Crippen molar-refractivity contribution in [2.75, 3.05) is 0 Å². The van der Waals surface area contributed by atoms with Gasteiger partial charge in [-0.15, -0.1) is 10.2 Å². The van der Waals surface area contributed by atoms with Crippen molar-refractivity contribution < 1.29 is 14.3 Å². The Morgan fingerprint density at radius 1 is 1.28 bits per heavy atom. The molecule has 18 heavy (non-hydrogen) atoms. The van der Waals surface area contributed by atoms with Gasteiger partial charge in [-0.3, -0.25) is 4.79 Å². The fraction of sp³-hybridized carbons (Fsp3) is 0.308. The number of carboxylic acid groups (broad SMARTS) is 1. The van der Waals surface area contributed by atoms with Gasteiger partial charge in [0.1, 0.15) is 0 Å². The van der Waals surface area contributed by atoms with E-state index in [1.807, 2.05) is 31.2 Å². The minimum absolute atomic E-state index is 0.0648. The normalized spacial score (nSPS) is 12.3. The van der Waals surface area contributed by atoms with Crippen molar-refractivity contribution in [3.05, 3.63) is 47.2 Å². The molecule has 5 nitrogen and oxygen atoms in total. The van der Waals surface area contributed by atoms with Gasteiger partial charge in [0.25, 0.3) is 0 Å². The summed E-state index contributed by atoms with van der Waals surface area (Å²) in [7, 11) is 0. The topological polar surface area (TPSA) is 76.2 Å². The molecule has 0 saturated carbocycles. The third-order valence-corrected chi connectivity index (χ3v) is 2.70. The van der Waals surface area contributed by atoms with Crippen molar-refractivity contribution in [3.63, 3.8) is 0 Å². The van der Waals surface area contributed by atoms with Gasteiger partial charge in [0.2, 0.25) is 11.8 Å². The van der Waals surface area contributed by atoms with E-state index in [0.29, 0.717) is 11.8 Å².